The number of thiol groups is 1. The topological polar surface area (TPSA) is 34.1 Å². The van der Waals surface area contributed by atoms with Crippen LogP contribution in [0, 0.1) is 0 Å². The molecule has 0 aromatic carbocycles. The van der Waals surface area contributed by atoms with Crippen LogP contribution in [0.2, 0.25) is 0 Å². The lowest BCUT2D eigenvalue weighted by Gasteiger charge is -1.90. The van der Waals surface area contributed by atoms with E-state index in [1.54, 1.807) is 6.08 Å². The van der Waals surface area contributed by atoms with Gasteiger partial charge in [-0.1, -0.05) is 6.08 Å². The second kappa shape index (κ2) is 2.34. The molecule has 0 saturated heterocycles. The molecule has 0 saturated carbocycles. The van der Waals surface area contributed by atoms with Gasteiger partial charge in [0.25, 0.3) is 0 Å². The van der Waals surface area contributed by atoms with Crippen molar-refractivity contribution in [2.75, 3.05) is 17.3 Å². The van der Waals surface area contributed by atoms with Crippen molar-refractivity contribution in [1.82, 2.24) is 0 Å². The maximum absolute atomic E-state index is 10.7. The first kappa shape index (κ1) is 7.15. The van der Waals surface area contributed by atoms with Crippen LogP contribution in [-0.4, -0.2) is 25.7 Å². The molecular weight excluding hydrogens is 156 g/mol. The van der Waals surface area contributed by atoms with Crippen LogP contribution in [0.1, 0.15) is 0 Å². The van der Waals surface area contributed by atoms with Crippen molar-refractivity contribution in [2.45, 2.75) is 0 Å². The van der Waals surface area contributed by atoms with Crippen LogP contribution in [0.25, 0.3) is 0 Å². The molecule has 1 aliphatic rings. The Kier molecular flexibility index (Phi) is 1.86. The van der Waals surface area contributed by atoms with Crippen molar-refractivity contribution in [2.24, 2.45) is 0 Å². The molecule has 0 atom stereocenters. The third-order valence-corrected chi connectivity index (χ3v) is 3.13. The van der Waals surface area contributed by atoms with E-state index in [2.05, 4.69) is 12.6 Å². The Bertz CT molecular complexity index is 225. The average molecular weight is 164 g/mol. The van der Waals surface area contributed by atoms with Crippen LogP contribution in [-0.2, 0) is 9.84 Å². The van der Waals surface area contributed by atoms with E-state index in [9.17, 15) is 8.42 Å². The Labute approximate surface area is 60.3 Å². The lowest BCUT2D eigenvalue weighted by Crippen LogP contribution is -2.03. The van der Waals surface area contributed by atoms with Gasteiger partial charge in [-0.05, 0) is 5.57 Å². The van der Waals surface area contributed by atoms with E-state index < -0.39 is 9.84 Å². The lowest BCUT2D eigenvalue weighted by molar-refractivity contribution is 0.603. The van der Waals surface area contributed by atoms with Gasteiger partial charge >= 0.3 is 0 Å². The highest BCUT2D eigenvalue weighted by Gasteiger charge is 2.17. The van der Waals surface area contributed by atoms with Crippen LogP contribution in [0.4, 0.5) is 0 Å². The molecule has 0 aliphatic carbocycles. The van der Waals surface area contributed by atoms with Gasteiger partial charge in [-0.2, -0.15) is 12.6 Å². The van der Waals surface area contributed by atoms with E-state index in [1.165, 1.54) is 0 Å². The van der Waals surface area contributed by atoms with E-state index in [0.29, 0.717) is 5.75 Å². The van der Waals surface area contributed by atoms with Gasteiger partial charge in [-0.15, -0.1) is 0 Å². The minimum atomic E-state index is -2.75. The first-order chi connectivity index (χ1) is 4.14. The van der Waals surface area contributed by atoms with Crippen LogP contribution in [0.5, 0.6) is 0 Å². The molecule has 0 aromatic rings. The molecule has 2 nitrogen and oxygen atoms in total. The van der Waals surface area contributed by atoms with Gasteiger partial charge in [0.05, 0.1) is 11.5 Å². The number of sulfone groups is 1. The summed E-state index contributed by atoms with van der Waals surface area (Å²) in [6.07, 6.45) is 1.74. The summed E-state index contributed by atoms with van der Waals surface area (Å²) in [7, 11) is -2.75. The number of hydrogen-bond donors (Lipinski definition) is 1. The van der Waals surface area contributed by atoms with Crippen molar-refractivity contribution in [1.29, 1.82) is 0 Å². The summed E-state index contributed by atoms with van der Waals surface area (Å²) in [6.45, 7) is 0. The predicted octanol–water partition coefficient (Wildman–Crippen LogP) is 0.271. The number of hydrogen-bond acceptors (Lipinski definition) is 3. The van der Waals surface area contributed by atoms with E-state index in [1.807, 2.05) is 0 Å². The van der Waals surface area contributed by atoms with Gasteiger partial charge in [-0.25, -0.2) is 8.42 Å². The molecular formula is C5H8O2S2. The SMILES string of the molecule is O=S1(=O)CC=C(CS)C1. The Morgan fingerprint density at radius 3 is 2.56 bits per heavy atom. The maximum Gasteiger partial charge on any atom is 0.157 e. The summed E-state index contributed by atoms with van der Waals surface area (Å²) in [5, 5.41) is 0. The molecule has 9 heavy (non-hydrogen) atoms. The molecule has 4 heteroatoms. The molecule has 0 fully saturated rings. The normalized spacial score (nSPS) is 23.9. The zero-order valence-electron chi connectivity index (χ0n) is 4.87. The van der Waals surface area contributed by atoms with E-state index in [-0.39, 0.29) is 11.5 Å². The monoisotopic (exact) mass is 164 g/mol. The second-order valence-electron chi connectivity index (χ2n) is 2.08. The molecule has 0 bridgehead atoms. The Balaban J connectivity index is 2.71. The summed E-state index contributed by atoms with van der Waals surface area (Å²) >= 11 is 3.96. The highest BCUT2D eigenvalue weighted by atomic mass is 32.2. The zero-order chi connectivity index (χ0) is 6.91. The van der Waals surface area contributed by atoms with Gasteiger partial charge in [0.2, 0.25) is 0 Å². The van der Waals surface area contributed by atoms with Crippen LogP contribution < -0.4 is 0 Å². The van der Waals surface area contributed by atoms with Crippen LogP contribution in [0.3, 0.4) is 0 Å². The summed E-state index contributed by atoms with van der Waals surface area (Å²) in [5.41, 5.74) is 0.929. The quantitative estimate of drug-likeness (QED) is 0.446. The summed E-state index contributed by atoms with van der Waals surface area (Å²) in [4.78, 5) is 0. The molecule has 1 rings (SSSR count). The fourth-order valence-electron chi connectivity index (χ4n) is 0.755. The summed E-state index contributed by atoms with van der Waals surface area (Å²) in [6, 6.07) is 0. The Morgan fingerprint density at radius 1 is 1.67 bits per heavy atom. The van der Waals surface area contributed by atoms with E-state index in [4.69, 9.17) is 0 Å². The van der Waals surface area contributed by atoms with Crippen molar-refractivity contribution in [3.8, 4) is 0 Å². The van der Waals surface area contributed by atoms with Crippen LogP contribution >= 0.6 is 12.6 Å². The zero-order valence-corrected chi connectivity index (χ0v) is 6.58. The average Bonchev–Trinajstić information content (AvgIpc) is 2.10. The Morgan fingerprint density at radius 2 is 2.33 bits per heavy atom. The molecule has 0 radical (unpaired) electrons. The van der Waals surface area contributed by atoms with Crippen molar-refractivity contribution in [3.05, 3.63) is 11.6 Å². The van der Waals surface area contributed by atoms with Gasteiger partial charge in [0.15, 0.2) is 9.84 Å². The van der Waals surface area contributed by atoms with E-state index in [0.717, 1.165) is 5.57 Å². The maximum atomic E-state index is 10.7. The van der Waals surface area contributed by atoms with E-state index >= 15 is 0 Å². The third kappa shape index (κ3) is 1.72. The molecule has 1 aliphatic heterocycles. The largest absolute Gasteiger partial charge is 0.228 e. The molecule has 0 aromatic heterocycles. The van der Waals surface area contributed by atoms with Gasteiger partial charge in [0.1, 0.15) is 0 Å². The molecule has 52 valence electrons. The first-order valence-corrected chi connectivity index (χ1v) is 5.08. The molecule has 0 amide bonds. The highest BCUT2D eigenvalue weighted by molar-refractivity contribution is 7.92. The van der Waals surface area contributed by atoms with Crippen molar-refractivity contribution >= 4 is 22.5 Å². The highest BCUT2D eigenvalue weighted by Crippen LogP contribution is 2.11. The summed E-state index contributed by atoms with van der Waals surface area (Å²) < 4.78 is 21.4. The second-order valence-corrected chi connectivity index (χ2v) is 4.50. The standard InChI is InChI=1S/C5H8O2S2/c6-9(7)2-1-5(3-8)4-9/h1,8H,2-4H2. The first-order valence-electron chi connectivity index (χ1n) is 2.63. The Hall–Kier alpha value is 0.0400. The van der Waals surface area contributed by atoms with Crippen LogP contribution in [0.15, 0.2) is 11.6 Å². The molecule has 0 N–H and O–H groups in total. The molecule has 0 unspecified atom stereocenters. The van der Waals surface area contributed by atoms with Gasteiger partial charge < -0.3 is 0 Å². The fourth-order valence-corrected chi connectivity index (χ4v) is 2.54. The molecule has 1 heterocycles. The van der Waals surface area contributed by atoms with Crippen molar-refractivity contribution < 1.29 is 8.42 Å². The third-order valence-electron chi connectivity index (χ3n) is 1.23. The summed E-state index contributed by atoms with van der Waals surface area (Å²) in [5.74, 6) is 0.999. The fraction of sp³-hybridized carbons (Fsp3) is 0.600. The van der Waals surface area contributed by atoms with Gasteiger partial charge in [0, 0.05) is 5.75 Å². The minimum absolute atomic E-state index is 0.211. The van der Waals surface area contributed by atoms with Crippen molar-refractivity contribution in [3.63, 3.8) is 0 Å². The minimum Gasteiger partial charge on any atom is -0.228 e. The van der Waals surface area contributed by atoms with Gasteiger partial charge in [-0.3, -0.25) is 0 Å². The predicted molar refractivity (Wildman–Crippen MR) is 40.6 cm³/mol. The number of rotatable bonds is 1. The lowest BCUT2D eigenvalue weighted by atomic mass is 10.3. The molecule has 0 spiro atoms. The smallest absolute Gasteiger partial charge is 0.157 e.